The fourth-order valence-electron chi connectivity index (χ4n) is 9.81. The molecule has 0 atom stereocenters. The van der Waals surface area contributed by atoms with Crippen LogP contribution in [0, 0.1) is 0 Å². The number of nitrogens with zero attached hydrogens (tertiary/aromatic N) is 4. The zero-order valence-corrected chi connectivity index (χ0v) is 35.2. The Bertz CT molecular complexity index is 3900. The van der Waals surface area contributed by atoms with Gasteiger partial charge in [0.1, 0.15) is 0 Å². The van der Waals surface area contributed by atoms with E-state index in [-0.39, 0.29) is 0 Å². The molecule has 2 aromatic heterocycles. The molecule has 0 aliphatic rings. The van der Waals surface area contributed by atoms with Crippen molar-refractivity contribution in [3.8, 4) is 62.1 Å². The highest BCUT2D eigenvalue weighted by atomic mass is 15.0. The van der Waals surface area contributed by atoms with Crippen LogP contribution >= 0.6 is 0 Å². The molecule has 0 unspecified atom stereocenters. The highest BCUT2D eigenvalue weighted by Crippen LogP contribution is 2.46. The number of fused-ring (bicyclic) bond motifs is 7. The summed E-state index contributed by atoms with van der Waals surface area (Å²) in [6.45, 7) is 0. The zero-order valence-electron chi connectivity index (χ0n) is 35.2. The predicted octanol–water partition coefficient (Wildman–Crippen LogP) is 15.9. The molecule has 65 heavy (non-hydrogen) atoms. The Morgan fingerprint density at radius 3 is 1.34 bits per heavy atom. The van der Waals surface area contributed by atoms with Crippen molar-refractivity contribution in [2.75, 3.05) is 0 Å². The first-order chi connectivity index (χ1) is 32.2. The summed E-state index contributed by atoms with van der Waals surface area (Å²) in [6.07, 6.45) is 0. The summed E-state index contributed by atoms with van der Waals surface area (Å²) in [5, 5.41) is 11.8. The van der Waals surface area contributed by atoms with Crippen LogP contribution in [0.4, 0.5) is 0 Å². The summed E-state index contributed by atoms with van der Waals surface area (Å²) < 4.78 is 2.52. The number of rotatable bonds is 6. The Morgan fingerprint density at radius 1 is 0.246 bits per heavy atom. The maximum Gasteiger partial charge on any atom is 0.164 e. The Kier molecular flexibility index (Phi) is 8.50. The first-order valence-corrected chi connectivity index (χ1v) is 22.1. The van der Waals surface area contributed by atoms with Gasteiger partial charge in [0.05, 0.1) is 16.7 Å². The van der Waals surface area contributed by atoms with Gasteiger partial charge in [0.25, 0.3) is 0 Å². The SMILES string of the molecule is c1ccc(-c2nc(-c3cc(-c4ccccc4)c(-n4c5cc6ccccc6cc5c5cc6ccccc6cc54)c(-c4ccc5ccccc5c4)c3)nc(-c3cccc4ccccc34)n2)cc1. The van der Waals surface area contributed by atoms with Crippen molar-refractivity contribution >= 4 is 64.9 Å². The van der Waals surface area contributed by atoms with Crippen molar-refractivity contribution in [1.82, 2.24) is 19.5 Å². The van der Waals surface area contributed by atoms with Gasteiger partial charge in [-0.25, -0.2) is 15.0 Å². The molecule has 302 valence electrons. The Balaban J connectivity index is 1.18. The van der Waals surface area contributed by atoms with Crippen molar-refractivity contribution in [3.63, 3.8) is 0 Å². The van der Waals surface area contributed by atoms with E-state index < -0.39 is 0 Å². The molecule has 0 aliphatic heterocycles. The smallest absolute Gasteiger partial charge is 0.164 e. The van der Waals surface area contributed by atoms with Gasteiger partial charge in [0, 0.05) is 38.6 Å². The molecule has 0 saturated carbocycles. The van der Waals surface area contributed by atoms with Crippen LogP contribution < -0.4 is 0 Å². The van der Waals surface area contributed by atoms with Gasteiger partial charge in [-0.2, -0.15) is 0 Å². The van der Waals surface area contributed by atoms with E-state index in [1.165, 1.54) is 43.1 Å². The van der Waals surface area contributed by atoms with E-state index >= 15 is 0 Å². The lowest BCUT2D eigenvalue weighted by Gasteiger charge is -2.21. The van der Waals surface area contributed by atoms with Crippen molar-refractivity contribution in [1.29, 1.82) is 0 Å². The van der Waals surface area contributed by atoms with Crippen LogP contribution in [-0.2, 0) is 0 Å². The fourth-order valence-corrected chi connectivity index (χ4v) is 9.81. The van der Waals surface area contributed by atoms with E-state index in [1.54, 1.807) is 0 Å². The molecule has 0 bridgehead atoms. The van der Waals surface area contributed by atoms with E-state index in [0.29, 0.717) is 17.5 Å². The molecule has 13 aromatic rings. The molecule has 11 aromatic carbocycles. The second-order valence-corrected chi connectivity index (χ2v) is 16.8. The monoisotopic (exact) mass is 826 g/mol. The van der Waals surface area contributed by atoms with Crippen LogP contribution in [0.5, 0.6) is 0 Å². The minimum absolute atomic E-state index is 0.603. The highest BCUT2D eigenvalue weighted by Gasteiger charge is 2.24. The average Bonchev–Trinajstić information content (AvgIpc) is 3.67. The average molecular weight is 827 g/mol. The molecule has 0 spiro atoms. The summed E-state index contributed by atoms with van der Waals surface area (Å²) in [5.74, 6) is 1.86. The van der Waals surface area contributed by atoms with E-state index in [9.17, 15) is 0 Å². The summed E-state index contributed by atoms with van der Waals surface area (Å²) in [7, 11) is 0. The second-order valence-electron chi connectivity index (χ2n) is 16.8. The Labute approximate surface area is 375 Å². The predicted molar refractivity (Wildman–Crippen MR) is 271 cm³/mol. The molecular weight excluding hydrogens is 789 g/mol. The molecule has 0 aliphatic carbocycles. The highest BCUT2D eigenvalue weighted by molar-refractivity contribution is 6.17. The standard InChI is InChI=1S/C61H38N4/c1-3-17-41(18-4-1)52-35-49(60-62-59(42-20-5-2-6-21-42)63-61(64-60)51-29-15-27-40-19-13-14-28-50(40)51)36-53(48-31-30-39-16-7-8-22-43(39)32-48)58(52)65-56-37-46-25-11-9-23-44(46)33-54(56)55-34-45-24-10-12-26-47(45)38-57(55)65/h1-38H. The van der Waals surface area contributed by atoms with Crippen LogP contribution in [0.15, 0.2) is 231 Å². The number of benzene rings is 11. The van der Waals surface area contributed by atoms with Crippen molar-refractivity contribution in [2.45, 2.75) is 0 Å². The van der Waals surface area contributed by atoms with E-state index in [0.717, 1.165) is 66.4 Å². The van der Waals surface area contributed by atoms with Crippen molar-refractivity contribution in [2.24, 2.45) is 0 Å². The van der Waals surface area contributed by atoms with Gasteiger partial charge < -0.3 is 4.57 Å². The molecule has 0 amide bonds. The Hall–Kier alpha value is -8.73. The minimum Gasteiger partial charge on any atom is -0.308 e. The minimum atomic E-state index is 0.603. The van der Waals surface area contributed by atoms with Crippen molar-refractivity contribution in [3.05, 3.63) is 231 Å². The summed E-state index contributed by atoms with van der Waals surface area (Å²) in [4.78, 5) is 15.9. The molecule has 4 nitrogen and oxygen atoms in total. The lowest BCUT2D eigenvalue weighted by Crippen LogP contribution is -2.04. The van der Waals surface area contributed by atoms with Crippen LogP contribution in [0.2, 0.25) is 0 Å². The van der Waals surface area contributed by atoms with Crippen LogP contribution in [-0.4, -0.2) is 19.5 Å². The van der Waals surface area contributed by atoms with Gasteiger partial charge in [0.2, 0.25) is 0 Å². The summed E-state index contributed by atoms with van der Waals surface area (Å²) in [6, 6.07) is 82.7. The summed E-state index contributed by atoms with van der Waals surface area (Å²) in [5.41, 5.74) is 10.5. The molecule has 0 N–H and O–H groups in total. The molecule has 13 rings (SSSR count). The first-order valence-electron chi connectivity index (χ1n) is 22.1. The number of hydrogen-bond donors (Lipinski definition) is 0. The molecule has 0 radical (unpaired) electrons. The normalized spacial score (nSPS) is 11.7. The van der Waals surface area contributed by atoms with Gasteiger partial charge in [-0.1, -0.05) is 188 Å². The molecular formula is C61H38N4. The van der Waals surface area contributed by atoms with Gasteiger partial charge >= 0.3 is 0 Å². The van der Waals surface area contributed by atoms with E-state index in [2.05, 4.69) is 217 Å². The van der Waals surface area contributed by atoms with Gasteiger partial charge in [-0.15, -0.1) is 0 Å². The molecule has 0 saturated heterocycles. The third-order valence-corrected chi connectivity index (χ3v) is 12.9. The second kappa shape index (κ2) is 15.0. The molecule has 0 fully saturated rings. The van der Waals surface area contributed by atoms with Crippen LogP contribution in [0.1, 0.15) is 0 Å². The lowest BCUT2D eigenvalue weighted by atomic mass is 9.91. The summed E-state index contributed by atoms with van der Waals surface area (Å²) >= 11 is 0. The van der Waals surface area contributed by atoms with Gasteiger partial charge in [-0.05, 0) is 96.7 Å². The largest absolute Gasteiger partial charge is 0.308 e. The lowest BCUT2D eigenvalue weighted by molar-refractivity contribution is 1.08. The van der Waals surface area contributed by atoms with Crippen LogP contribution in [0.3, 0.4) is 0 Å². The first kappa shape index (κ1) is 36.9. The van der Waals surface area contributed by atoms with Gasteiger partial charge in [0.15, 0.2) is 17.5 Å². The van der Waals surface area contributed by atoms with E-state index in [1.807, 2.05) is 18.2 Å². The maximum atomic E-state index is 5.40. The van der Waals surface area contributed by atoms with E-state index in [4.69, 9.17) is 15.0 Å². The Morgan fingerprint density at radius 2 is 0.708 bits per heavy atom. The van der Waals surface area contributed by atoms with Gasteiger partial charge in [-0.3, -0.25) is 0 Å². The maximum absolute atomic E-state index is 5.40. The van der Waals surface area contributed by atoms with Crippen LogP contribution in [0.25, 0.3) is 127 Å². The third kappa shape index (κ3) is 6.26. The zero-order chi connectivity index (χ0) is 42.8. The van der Waals surface area contributed by atoms with Crippen molar-refractivity contribution < 1.29 is 0 Å². The fraction of sp³-hybridized carbons (Fsp3) is 0. The molecule has 2 heterocycles. The number of hydrogen-bond acceptors (Lipinski definition) is 3. The topological polar surface area (TPSA) is 43.6 Å². The molecule has 4 heteroatoms. The third-order valence-electron chi connectivity index (χ3n) is 12.9. The quantitative estimate of drug-likeness (QED) is 0.168. The number of aromatic nitrogens is 4.